The monoisotopic (exact) mass is 260 g/mol. The summed E-state index contributed by atoms with van der Waals surface area (Å²) in [5.41, 5.74) is -0.210. The Kier molecular flexibility index (Phi) is 4.92. The summed E-state index contributed by atoms with van der Waals surface area (Å²) in [6, 6.07) is 1.56. The normalized spacial score (nSPS) is 24.2. The van der Waals surface area contributed by atoms with Crippen molar-refractivity contribution in [1.29, 1.82) is 5.26 Å². The highest BCUT2D eigenvalue weighted by Crippen LogP contribution is 2.31. The van der Waals surface area contributed by atoms with Gasteiger partial charge in [-0.25, -0.2) is 13.1 Å². The maximum Gasteiger partial charge on any atom is 0.225 e. The average molecular weight is 260 g/mol. The van der Waals surface area contributed by atoms with Crippen LogP contribution in [-0.4, -0.2) is 32.4 Å². The van der Waals surface area contributed by atoms with Gasteiger partial charge in [0.2, 0.25) is 10.0 Å². The van der Waals surface area contributed by atoms with Gasteiger partial charge in [0.25, 0.3) is 0 Å². The van der Waals surface area contributed by atoms with Gasteiger partial charge in [0.05, 0.1) is 11.7 Å². The number of hydrogen-bond acceptors (Lipinski definition) is 4. The number of nitrogens with zero attached hydrogens (tertiary/aromatic N) is 1. The lowest BCUT2D eigenvalue weighted by atomic mass is 9.86. The van der Waals surface area contributed by atoms with E-state index in [0.717, 1.165) is 12.8 Å². The summed E-state index contributed by atoms with van der Waals surface area (Å²) in [7, 11) is -3.46. The van der Waals surface area contributed by atoms with Gasteiger partial charge >= 0.3 is 0 Å². The van der Waals surface area contributed by atoms with Crippen molar-refractivity contribution < 1.29 is 13.2 Å². The molecule has 1 aliphatic rings. The van der Waals surface area contributed by atoms with Gasteiger partial charge in [-0.2, -0.15) is 5.26 Å². The SMILES string of the molecule is CCC1(CC)CC(NS(=O)(=O)CC#N)CCO1. The first kappa shape index (κ1) is 14.4. The fourth-order valence-corrected chi connectivity index (χ4v) is 3.21. The molecule has 0 spiro atoms. The van der Waals surface area contributed by atoms with E-state index in [1.54, 1.807) is 6.07 Å². The minimum Gasteiger partial charge on any atom is -0.375 e. The Morgan fingerprint density at radius 2 is 2.12 bits per heavy atom. The van der Waals surface area contributed by atoms with Gasteiger partial charge in [-0.3, -0.25) is 0 Å². The average Bonchev–Trinajstić information content (AvgIpc) is 2.28. The molecule has 6 heteroatoms. The van der Waals surface area contributed by atoms with E-state index in [-0.39, 0.29) is 11.6 Å². The highest BCUT2D eigenvalue weighted by Gasteiger charge is 2.35. The Morgan fingerprint density at radius 1 is 1.47 bits per heavy atom. The van der Waals surface area contributed by atoms with Crippen LogP contribution in [0.4, 0.5) is 0 Å². The van der Waals surface area contributed by atoms with Crippen LogP contribution in [0.3, 0.4) is 0 Å². The summed E-state index contributed by atoms with van der Waals surface area (Å²) in [5.74, 6) is -0.477. The third-order valence-corrected chi connectivity index (χ3v) is 4.58. The number of ether oxygens (including phenoxy) is 1. The van der Waals surface area contributed by atoms with Crippen molar-refractivity contribution in [2.75, 3.05) is 12.4 Å². The van der Waals surface area contributed by atoms with Crippen molar-refractivity contribution in [1.82, 2.24) is 4.72 Å². The molecule has 1 atom stereocenters. The predicted octanol–water partition coefficient (Wildman–Crippen LogP) is 1.17. The highest BCUT2D eigenvalue weighted by atomic mass is 32.2. The second kappa shape index (κ2) is 5.80. The summed E-state index contributed by atoms with van der Waals surface area (Å²) >= 11 is 0. The molecule has 5 nitrogen and oxygen atoms in total. The maximum absolute atomic E-state index is 11.5. The van der Waals surface area contributed by atoms with E-state index in [1.807, 2.05) is 0 Å². The number of nitrogens with one attached hydrogen (secondary N) is 1. The van der Waals surface area contributed by atoms with E-state index in [1.165, 1.54) is 0 Å². The minimum atomic E-state index is -3.46. The van der Waals surface area contributed by atoms with Crippen LogP contribution in [0, 0.1) is 11.3 Å². The lowest BCUT2D eigenvalue weighted by molar-refractivity contribution is -0.0905. The number of sulfonamides is 1. The molecule has 1 rings (SSSR count). The smallest absolute Gasteiger partial charge is 0.225 e. The highest BCUT2D eigenvalue weighted by molar-refractivity contribution is 7.89. The van der Waals surface area contributed by atoms with Crippen LogP contribution in [0.2, 0.25) is 0 Å². The quantitative estimate of drug-likeness (QED) is 0.804. The Hall–Kier alpha value is -0.640. The molecule has 1 N–H and O–H groups in total. The van der Waals surface area contributed by atoms with Crippen LogP contribution in [0.25, 0.3) is 0 Å². The van der Waals surface area contributed by atoms with Crippen molar-refractivity contribution in [3.8, 4) is 6.07 Å². The molecule has 0 saturated carbocycles. The van der Waals surface area contributed by atoms with E-state index in [9.17, 15) is 8.42 Å². The molecule has 0 radical (unpaired) electrons. The Balaban J connectivity index is 2.65. The Labute approximate surface area is 103 Å². The summed E-state index contributed by atoms with van der Waals surface area (Å²) in [6.07, 6.45) is 3.11. The lowest BCUT2D eigenvalue weighted by Crippen LogP contribution is -2.48. The standard InChI is InChI=1S/C11H20N2O3S/c1-3-11(4-2)9-10(5-7-16-11)13-17(14,15)8-6-12/h10,13H,3-5,7-9H2,1-2H3. The third kappa shape index (κ3) is 3.95. The molecule has 98 valence electrons. The van der Waals surface area contributed by atoms with Crippen molar-refractivity contribution in [3.63, 3.8) is 0 Å². The van der Waals surface area contributed by atoms with Crippen LogP contribution in [0.1, 0.15) is 39.5 Å². The van der Waals surface area contributed by atoms with Gasteiger partial charge < -0.3 is 4.74 Å². The van der Waals surface area contributed by atoms with Gasteiger partial charge in [0.1, 0.15) is 0 Å². The van der Waals surface area contributed by atoms with Crippen LogP contribution >= 0.6 is 0 Å². The van der Waals surface area contributed by atoms with Gasteiger partial charge in [0.15, 0.2) is 5.75 Å². The maximum atomic E-state index is 11.5. The third-order valence-electron chi connectivity index (χ3n) is 3.38. The van der Waals surface area contributed by atoms with E-state index in [4.69, 9.17) is 10.00 Å². The van der Waals surface area contributed by atoms with Crippen molar-refractivity contribution >= 4 is 10.0 Å². The molecule has 0 amide bonds. The Bertz CT molecular complexity index is 382. The minimum absolute atomic E-state index is 0.109. The van der Waals surface area contributed by atoms with Crippen molar-refractivity contribution in [2.45, 2.75) is 51.2 Å². The van der Waals surface area contributed by atoms with Crippen molar-refractivity contribution in [3.05, 3.63) is 0 Å². The molecule has 17 heavy (non-hydrogen) atoms. The van der Waals surface area contributed by atoms with Gasteiger partial charge in [0, 0.05) is 12.6 Å². The number of nitriles is 1. The lowest BCUT2D eigenvalue weighted by Gasteiger charge is -2.40. The van der Waals surface area contributed by atoms with E-state index in [0.29, 0.717) is 19.4 Å². The summed E-state index contributed by atoms with van der Waals surface area (Å²) in [6.45, 7) is 4.67. The topological polar surface area (TPSA) is 79.2 Å². The molecule has 1 heterocycles. The first-order valence-electron chi connectivity index (χ1n) is 5.98. The van der Waals surface area contributed by atoms with E-state index in [2.05, 4.69) is 18.6 Å². The molecule has 0 bridgehead atoms. The molecular formula is C11H20N2O3S. The van der Waals surface area contributed by atoms with Crippen LogP contribution < -0.4 is 4.72 Å². The molecule has 0 aromatic carbocycles. The largest absolute Gasteiger partial charge is 0.375 e. The second-order valence-corrected chi connectivity index (χ2v) is 6.22. The first-order chi connectivity index (χ1) is 7.97. The molecule has 1 aliphatic heterocycles. The van der Waals surface area contributed by atoms with Gasteiger partial charge in [-0.15, -0.1) is 0 Å². The van der Waals surface area contributed by atoms with Gasteiger partial charge in [-0.1, -0.05) is 13.8 Å². The van der Waals surface area contributed by atoms with E-state index >= 15 is 0 Å². The fraction of sp³-hybridized carbons (Fsp3) is 0.909. The second-order valence-electron chi connectivity index (χ2n) is 4.46. The van der Waals surface area contributed by atoms with Crippen LogP contribution in [0.5, 0.6) is 0 Å². The molecule has 1 saturated heterocycles. The molecule has 1 unspecified atom stereocenters. The summed E-state index contributed by atoms with van der Waals surface area (Å²) in [4.78, 5) is 0. The zero-order chi connectivity index (χ0) is 12.9. The summed E-state index contributed by atoms with van der Waals surface area (Å²) in [5, 5.41) is 8.43. The number of hydrogen-bond donors (Lipinski definition) is 1. The van der Waals surface area contributed by atoms with Crippen molar-refractivity contribution in [2.24, 2.45) is 0 Å². The van der Waals surface area contributed by atoms with Gasteiger partial charge in [-0.05, 0) is 25.7 Å². The molecular weight excluding hydrogens is 240 g/mol. The Morgan fingerprint density at radius 3 is 2.65 bits per heavy atom. The molecule has 0 aromatic rings. The molecule has 0 aromatic heterocycles. The number of rotatable bonds is 5. The fourth-order valence-electron chi connectivity index (χ4n) is 2.25. The zero-order valence-corrected chi connectivity index (χ0v) is 11.2. The zero-order valence-electron chi connectivity index (χ0n) is 10.4. The van der Waals surface area contributed by atoms with E-state index < -0.39 is 15.8 Å². The first-order valence-corrected chi connectivity index (χ1v) is 7.63. The molecule has 0 aliphatic carbocycles. The van der Waals surface area contributed by atoms with Crippen LogP contribution in [-0.2, 0) is 14.8 Å². The summed E-state index contributed by atoms with van der Waals surface area (Å²) < 4.78 is 31.4. The molecule has 1 fully saturated rings. The van der Waals surface area contributed by atoms with Crippen LogP contribution in [0.15, 0.2) is 0 Å². The predicted molar refractivity (Wildman–Crippen MR) is 64.8 cm³/mol.